The van der Waals surface area contributed by atoms with Gasteiger partial charge in [0.15, 0.2) is 0 Å². The van der Waals surface area contributed by atoms with Crippen LogP contribution in [0.5, 0.6) is 11.5 Å². The van der Waals surface area contributed by atoms with Crippen LogP contribution in [-0.2, 0) is 6.61 Å². The number of ether oxygens (including phenoxy) is 2. The third-order valence-electron chi connectivity index (χ3n) is 3.98. The molecule has 0 aliphatic rings. The second-order valence-corrected chi connectivity index (χ2v) is 7.70. The number of hydrogen-bond acceptors (Lipinski definition) is 4. The number of carbonyl (C=O) groups excluding carboxylic acids is 1. The van der Waals surface area contributed by atoms with E-state index >= 15 is 0 Å². The molecule has 0 unspecified atom stereocenters. The van der Waals surface area contributed by atoms with Crippen molar-refractivity contribution in [3.8, 4) is 11.5 Å². The van der Waals surface area contributed by atoms with E-state index in [4.69, 9.17) is 9.47 Å². The maximum Gasteiger partial charge on any atom is 0.275 e. The lowest BCUT2D eigenvalue weighted by atomic mass is 10.2. The van der Waals surface area contributed by atoms with Crippen LogP contribution in [0, 0.1) is 0 Å². The maximum absolute atomic E-state index is 12.3. The monoisotopic (exact) mass is 516 g/mol. The molecule has 3 aromatic rings. The van der Waals surface area contributed by atoms with E-state index in [1.165, 1.54) is 7.11 Å². The van der Waals surface area contributed by atoms with E-state index in [9.17, 15) is 4.79 Å². The number of hydrazone groups is 1. The Hall–Kier alpha value is -2.64. The molecule has 0 aromatic heterocycles. The molecule has 1 amide bonds. The van der Waals surface area contributed by atoms with Gasteiger partial charge in [-0.15, -0.1) is 0 Å². The number of methoxy groups -OCH3 is 1. The van der Waals surface area contributed by atoms with Gasteiger partial charge in [-0.05, 0) is 67.3 Å². The summed E-state index contributed by atoms with van der Waals surface area (Å²) in [5.74, 6) is 0.842. The zero-order chi connectivity index (χ0) is 20.6. The summed E-state index contributed by atoms with van der Waals surface area (Å²) in [5, 5.41) is 4.04. The van der Waals surface area contributed by atoms with Gasteiger partial charge in [0.25, 0.3) is 5.91 Å². The van der Waals surface area contributed by atoms with Gasteiger partial charge in [0, 0.05) is 0 Å². The largest absolute Gasteiger partial charge is 0.496 e. The molecule has 29 heavy (non-hydrogen) atoms. The summed E-state index contributed by atoms with van der Waals surface area (Å²) in [6, 6.07) is 20.6. The number of rotatable bonds is 7. The third kappa shape index (κ3) is 5.68. The molecule has 1 N–H and O–H groups in total. The van der Waals surface area contributed by atoms with Crippen LogP contribution in [0.4, 0.5) is 0 Å². The Morgan fingerprint density at radius 1 is 1.03 bits per heavy atom. The normalized spacial score (nSPS) is 10.7. The van der Waals surface area contributed by atoms with Crippen LogP contribution in [0.1, 0.15) is 21.5 Å². The predicted octanol–water partition coefficient (Wildman–Crippen LogP) is 5.56. The quantitative estimate of drug-likeness (QED) is 0.329. The number of hydrogen-bond donors (Lipinski definition) is 1. The Bertz CT molecular complexity index is 1000. The van der Waals surface area contributed by atoms with Crippen LogP contribution in [-0.4, -0.2) is 19.2 Å². The summed E-state index contributed by atoms with van der Waals surface area (Å²) in [6.45, 7) is 0.459. The molecule has 0 saturated carbocycles. The van der Waals surface area contributed by atoms with Gasteiger partial charge < -0.3 is 9.47 Å². The SMILES string of the molecule is COc1ccccc1C(=O)N/N=C\c1cc(Br)c(OCc2ccccc2)c(Br)c1. The molecule has 0 fully saturated rings. The van der Waals surface area contributed by atoms with Crippen LogP contribution in [0.3, 0.4) is 0 Å². The minimum absolute atomic E-state index is 0.348. The molecule has 0 saturated heterocycles. The fraction of sp³-hybridized carbons (Fsp3) is 0.0909. The van der Waals surface area contributed by atoms with E-state index in [0.717, 1.165) is 20.1 Å². The van der Waals surface area contributed by atoms with Gasteiger partial charge >= 0.3 is 0 Å². The number of benzene rings is 3. The van der Waals surface area contributed by atoms with Crippen LogP contribution in [0.15, 0.2) is 80.8 Å². The lowest BCUT2D eigenvalue weighted by Crippen LogP contribution is -2.18. The molecule has 3 rings (SSSR count). The van der Waals surface area contributed by atoms with Gasteiger partial charge in [0.1, 0.15) is 18.1 Å². The third-order valence-corrected chi connectivity index (χ3v) is 5.16. The molecule has 7 heteroatoms. The van der Waals surface area contributed by atoms with E-state index < -0.39 is 0 Å². The highest BCUT2D eigenvalue weighted by Gasteiger charge is 2.11. The standard InChI is InChI=1S/C22H18Br2N2O3/c1-28-20-10-6-5-9-17(20)22(27)26-25-13-16-11-18(23)21(19(24)12-16)29-14-15-7-3-2-4-8-15/h2-13H,14H2,1H3,(H,26,27)/b25-13-. The number of amides is 1. The van der Waals surface area contributed by atoms with E-state index in [0.29, 0.717) is 23.7 Å². The van der Waals surface area contributed by atoms with Crippen LogP contribution in [0.2, 0.25) is 0 Å². The van der Waals surface area contributed by atoms with E-state index in [1.807, 2.05) is 42.5 Å². The van der Waals surface area contributed by atoms with Crippen molar-refractivity contribution < 1.29 is 14.3 Å². The zero-order valence-electron chi connectivity index (χ0n) is 15.6. The lowest BCUT2D eigenvalue weighted by molar-refractivity contribution is 0.0952. The fourth-order valence-corrected chi connectivity index (χ4v) is 4.03. The molecule has 0 bridgehead atoms. The van der Waals surface area contributed by atoms with Crippen molar-refractivity contribution in [3.63, 3.8) is 0 Å². The Morgan fingerprint density at radius 3 is 2.38 bits per heavy atom. The van der Waals surface area contributed by atoms with Crippen LogP contribution in [0.25, 0.3) is 0 Å². The van der Waals surface area contributed by atoms with Crippen molar-refractivity contribution in [1.29, 1.82) is 0 Å². The van der Waals surface area contributed by atoms with Crippen molar-refractivity contribution in [3.05, 3.63) is 92.4 Å². The highest BCUT2D eigenvalue weighted by atomic mass is 79.9. The molecular formula is C22H18Br2N2O3. The minimum atomic E-state index is -0.348. The summed E-state index contributed by atoms with van der Waals surface area (Å²) < 4.78 is 12.7. The molecule has 0 spiro atoms. The van der Waals surface area contributed by atoms with Crippen molar-refractivity contribution in [2.45, 2.75) is 6.61 Å². The van der Waals surface area contributed by atoms with Crippen molar-refractivity contribution in [2.75, 3.05) is 7.11 Å². The number of nitrogens with zero attached hydrogens (tertiary/aromatic N) is 1. The molecule has 0 aliphatic heterocycles. The van der Waals surface area contributed by atoms with Crippen LogP contribution < -0.4 is 14.9 Å². The van der Waals surface area contributed by atoms with E-state index in [2.05, 4.69) is 42.4 Å². The second-order valence-electron chi connectivity index (χ2n) is 5.99. The van der Waals surface area contributed by atoms with Crippen molar-refractivity contribution in [1.82, 2.24) is 5.43 Å². The average Bonchev–Trinajstić information content (AvgIpc) is 2.73. The van der Waals surface area contributed by atoms with E-state index in [1.54, 1.807) is 30.5 Å². The molecule has 5 nitrogen and oxygen atoms in total. The average molecular weight is 518 g/mol. The first-order valence-corrected chi connectivity index (χ1v) is 10.3. The van der Waals surface area contributed by atoms with Crippen molar-refractivity contribution in [2.24, 2.45) is 5.10 Å². The van der Waals surface area contributed by atoms with Crippen molar-refractivity contribution >= 4 is 44.0 Å². The van der Waals surface area contributed by atoms with Crippen LogP contribution >= 0.6 is 31.9 Å². The van der Waals surface area contributed by atoms with Gasteiger partial charge in [0.2, 0.25) is 0 Å². The van der Waals surface area contributed by atoms with Gasteiger partial charge in [-0.1, -0.05) is 42.5 Å². The maximum atomic E-state index is 12.3. The summed E-state index contributed by atoms with van der Waals surface area (Å²) in [7, 11) is 1.52. The first kappa shape index (κ1) is 21.1. The molecule has 0 atom stereocenters. The smallest absolute Gasteiger partial charge is 0.275 e. The number of para-hydroxylation sites is 1. The summed E-state index contributed by atoms with van der Waals surface area (Å²) in [5.41, 5.74) is 4.79. The van der Waals surface area contributed by atoms with E-state index in [-0.39, 0.29) is 5.91 Å². The Labute approximate surface area is 186 Å². The first-order chi connectivity index (χ1) is 14.1. The molecule has 3 aromatic carbocycles. The summed E-state index contributed by atoms with van der Waals surface area (Å²) in [6.07, 6.45) is 1.56. The molecular weight excluding hydrogens is 500 g/mol. The number of carbonyl (C=O) groups is 1. The molecule has 148 valence electrons. The lowest BCUT2D eigenvalue weighted by Gasteiger charge is -2.11. The topological polar surface area (TPSA) is 59.9 Å². The molecule has 0 heterocycles. The van der Waals surface area contributed by atoms with Gasteiger partial charge in [-0.3, -0.25) is 4.79 Å². The zero-order valence-corrected chi connectivity index (χ0v) is 18.7. The first-order valence-electron chi connectivity index (χ1n) is 8.70. The van der Waals surface area contributed by atoms with Gasteiger partial charge in [-0.2, -0.15) is 5.10 Å². The Balaban J connectivity index is 1.66. The minimum Gasteiger partial charge on any atom is -0.496 e. The molecule has 0 radical (unpaired) electrons. The van der Waals surface area contributed by atoms with Gasteiger partial charge in [0.05, 0.1) is 27.8 Å². The summed E-state index contributed by atoms with van der Waals surface area (Å²) in [4.78, 5) is 12.3. The summed E-state index contributed by atoms with van der Waals surface area (Å²) >= 11 is 7.05. The Kier molecular flexibility index (Phi) is 7.43. The van der Waals surface area contributed by atoms with Gasteiger partial charge in [-0.25, -0.2) is 5.43 Å². The Morgan fingerprint density at radius 2 is 1.69 bits per heavy atom. The number of halogens is 2. The highest BCUT2D eigenvalue weighted by molar-refractivity contribution is 9.11. The number of nitrogens with one attached hydrogen (secondary N) is 1. The second kappa shape index (κ2) is 10.2. The predicted molar refractivity (Wildman–Crippen MR) is 121 cm³/mol. The fourth-order valence-electron chi connectivity index (χ4n) is 2.58. The highest BCUT2D eigenvalue weighted by Crippen LogP contribution is 2.35. The molecule has 0 aliphatic carbocycles.